The summed E-state index contributed by atoms with van der Waals surface area (Å²) in [5.74, 6) is 1.18. The lowest BCUT2D eigenvalue weighted by molar-refractivity contribution is -0.138. The first-order valence-corrected chi connectivity index (χ1v) is 5.93. The van der Waals surface area contributed by atoms with Crippen molar-refractivity contribution in [3.63, 3.8) is 0 Å². The van der Waals surface area contributed by atoms with Crippen LogP contribution in [0.5, 0.6) is 0 Å². The molecule has 1 saturated carbocycles. The molecule has 88 valence electrons. The minimum atomic E-state index is -0.0585. The van der Waals surface area contributed by atoms with E-state index in [-0.39, 0.29) is 24.5 Å². The fraction of sp³-hybridized carbons (Fsp3) is 0.917. The van der Waals surface area contributed by atoms with Gasteiger partial charge in [0.2, 0.25) is 5.91 Å². The van der Waals surface area contributed by atoms with Crippen LogP contribution in [0.25, 0.3) is 0 Å². The van der Waals surface area contributed by atoms with Gasteiger partial charge in [0.1, 0.15) is 0 Å². The molecule has 0 spiro atoms. The highest BCUT2D eigenvalue weighted by Gasteiger charge is 2.28. The largest absolute Gasteiger partial charge is 0.394 e. The number of hydrogen-bond donors (Lipinski definition) is 1. The molecule has 1 amide bonds. The Bertz CT molecular complexity index is 210. The summed E-state index contributed by atoms with van der Waals surface area (Å²) in [5.41, 5.74) is 0. The van der Waals surface area contributed by atoms with Gasteiger partial charge in [-0.25, -0.2) is 0 Å². The van der Waals surface area contributed by atoms with Gasteiger partial charge in [0.25, 0.3) is 0 Å². The van der Waals surface area contributed by atoms with Crippen molar-refractivity contribution in [3.8, 4) is 0 Å². The van der Waals surface area contributed by atoms with E-state index in [4.69, 9.17) is 5.11 Å². The molecule has 1 fully saturated rings. The van der Waals surface area contributed by atoms with Gasteiger partial charge in [-0.3, -0.25) is 4.79 Å². The van der Waals surface area contributed by atoms with Crippen molar-refractivity contribution < 1.29 is 9.90 Å². The molecular formula is C12H23NO2. The number of nitrogens with zero attached hydrogens (tertiary/aromatic N) is 1. The summed E-state index contributed by atoms with van der Waals surface area (Å²) in [6.45, 7) is 4.18. The zero-order chi connectivity index (χ0) is 11.4. The number of aliphatic hydroxyl groups is 1. The van der Waals surface area contributed by atoms with Crippen molar-refractivity contribution >= 4 is 5.91 Å². The van der Waals surface area contributed by atoms with Crippen LogP contribution in [-0.2, 0) is 4.79 Å². The highest BCUT2D eigenvalue weighted by Crippen LogP contribution is 2.29. The van der Waals surface area contributed by atoms with Crippen molar-refractivity contribution in [2.24, 2.45) is 11.8 Å². The Morgan fingerprint density at radius 2 is 1.93 bits per heavy atom. The van der Waals surface area contributed by atoms with Gasteiger partial charge in [0.15, 0.2) is 0 Å². The normalized spacial score (nSPS) is 28.5. The molecule has 0 aromatic carbocycles. The number of aliphatic hydroxyl groups excluding tert-OH is 1. The van der Waals surface area contributed by atoms with E-state index < -0.39 is 0 Å². The summed E-state index contributed by atoms with van der Waals surface area (Å²) in [6, 6.07) is -0.0585. The van der Waals surface area contributed by atoms with E-state index in [0.717, 1.165) is 31.6 Å². The van der Waals surface area contributed by atoms with Crippen LogP contribution in [-0.4, -0.2) is 35.6 Å². The van der Waals surface area contributed by atoms with Gasteiger partial charge in [-0.2, -0.15) is 0 Å². The minimum Gasteiger partial charge on any atom is -0.394 e. The Labute approximate surface area is 92.5 Å². The van der Waals surface area contributed by atoms with Crippen LogP contribution in [0.2, 0.25) is 0 Å². The fourth-order valence-electron chi connectivity index (χ4n) is 2.13. The van der Waals surface area contributed by atoms with Gasteiger partial charge in [0, 0.05) is 13.0 Å². The first-order chi connectivity index (χ1) is 7.06. The van der Waals surface area contributed by atoms with Crippen LogP contribution >= 0.6 is 0 Å². The number of hydrogen-bond acceptors (Lipinski definition) is 2. The molecule has 1 N–H and O–H groups in total. The van der Waals surface area contributed by atoms with Crippen molar-refractivity contribution in [1.29, 1.82) is 0 Å². The zero-order valence-corrected chi connectivity index (χ0v) is 10.1. The Morgan fingerprint density at radius 3 is 2.40 bits per heavy atom. The molecule has 0 aliphatic heterocycles. The predicted octanol–water partition coefficient (Wildman–Crippen LogP) is 1.65. The van der Waals surface area contributed by atoms with Crippen molar-refractivity contribution in [3.05, 3.63) is 0 Å². The molecule has 15 heavy (non-hydrogen) atoms. The maximum absolute atomic E-state index is 12.0. The molecule has 1 rings (SSSR count). The topological polar surface area (TPSA) is 40.5 Å². The molecular weight excluding hydrogens is 190 g/mol. The van der Waals surface area contributed by atoms with E-state index in [9.17, 15) is 4.79 Å². The highest BCUT2D eigenvalue weighted by molar-refractivity contribution is 5.78. The summed E-state index contributed by atoms with van der Waals surface area (Å²) in [4.78, 5) is 13.7. The first-order valence-electron chi connectivity index (χ1n) is 5.93. The Morgan fingerprint density at radius 1 is 1.40 bits per heavy atom. The molecule has 1 atom stereocenters. The van der Waals surface area contributed by atoms with E-state index in [1.165, 1.54) is 0 Å². The summed E-state index contributed by atoms with van der Waals surface area (Å²) >= 11 is 0. The Kier molecular flexibility index (Phi) is 4.58. The van der Waals surface area contributed by atoms with Crippen molar-refractivity contribution in [2.45, 2.75) is 45.6 Å². The minimum absolute atomic E-state index is 0.0470. The first kappa shape index (κ1) is 12.5. The molecule has 0 heterocycles. The molecule has 0 aromatic rings. The van der Waals surface area contributed by atoms with Gasteiger partial charge in [-0.15, -0.1) is 0 Å². The maximum atomic E-state index is 12.0. The lowest BCUT2D eigenvalue weighted by Gasteiger charge is -2.31. The summed E-state index contributed by atoms with van der Waals surface area (Å²) in [7, 11) is 1.79. The molecule has 0 radical (unpaired) electrons. The second-order valence-corrected chi connectivity index (χ2v) is 4.94. The van der Waals surface area contributed by atoms with E-state index in [0.29, 0.717) is 0 Å². The smallest absolute Gasteiger partial charge is 0.225 e. The highest BCUT2D eigenvalue weighted by atomic mass is 16.3. The van der Waals surface area contributed by atoms with Gasteiger partial charge in [0.05, 0.1) is 12.6 Å². The summed E-state index contributed by atoms with van der Waals surface area (Å²) in [6.07, 6.45) is 4.36. The van der Waals surface area contributed by atoms with E-state index in [2.05, 4.69) is 6.92 Å². The second kappa shape index (κ2) is 5.50. The van der Waals surface area contributed by atoms with Gasteiger partial charge in [-0.05, 0) is 38.5 Å². The van der Waals surface area contributed by atoms with Gasteiger partial charge in [-0.1, -0.05) is 6.92 Å². The fourth-order valence-corrected chi connectivity index (χ4v) is 2.13. The summed E-state index contributed by atoms with van der Waals surface area (Å²) in [5, 5.41) is 9.00. The van der Waals surface area contributed by atoms with Crippen LogP contribution in [0.4, 0.5) is 0 Å². The molecule has 3 nitrogen and oxygen atoms in total. The zero-order valence-electron chi connectivity index (χ0n) is 10.1. The predicted molar refractivity (Wildman–Crippen MR) is 60.4 cm³/mol. The third-order valence-electron chi connectivity index (χ3n) is 3.64. The Balaban J connectivity index is 2.46. The third-order valence-corrected chi connectivity index (χ3v) is 3.64. The second-order valence-electron chi connectivity index (χ2n) is 4.94. The average Bonchev–Trinajstić information content (AvgIpc) is 2.27. The number of carbonyl (C=O) groups excluding carboxylic acids is 1. The molecule has 1 unspecified atom stereocenters. The SMILES string of the molecule is CC1CCC(C(=O)N(C)C(C)CO)CC1. The third kappa shape index (κ3) is 3.20. The number of carbonyl (C=O) groups is 1. The lowest BCUT2D eigenvalue weighted by atomic mass is 9.82. The van der Waals surface area contributed by atoms with Gasteiger partial charge >= 0.3 is 0 Å². The number of amides is 1. The molecule has 3 heteroatoms. The average molecular weight is 213 g/mol. The summed E-state index contributed by atoms with van der Waals surface area (Å²) < 4.78 is 0. The molecule has 1 aliphatic carbocycles. The Hall–Kier alpha value is -0.570. The molecule has 1 aliphatic rings. The number of rotatable bonds is 3. The van der Waals surface area contributed by atoms with Crippen molar-refractivity contribution in [1.82, 2.24) is 4.90 Å². The quantitative estimate of drug-likeness (QED) is 0.774. The van der Waals surface area contributed by atoms with Crippen molar-refractivity contribution in [2.75, 3.05) is 13.7 Å². The van der Waals surface area contributed by atoms with E-state index >= 15 is 0 Å². The van der Waals surface area contributed by atoms with Gasteiger partial charge < -0.3 is 10.0 Å². The van der Waals surface area contributed by atoms with Crippen LogP contribution < -0.4 is 0 Å². The van der Waals surface area contributed by atoms with Crippen LogP contribution in [0.3, 0.4) is 0 Å². The monoisotopic (exact) mass is 213 g/mol. The molecule has 0 aromatic heterocycles. The number of likely N-dealkylation sites (N-methyl/N-ethyl adjacent to an activating group) is 1. The molecule has 0 bridgehead atoms. The lowest BCUT2D eigenvalue weighted by Crippen LogP contribution is -2.41. The van der Waals surface area contributed by atoms with Crippen LogP contribution in [0.15, 0.2) is 0 Å². The van der Waals surface area contributed by atoms with Crippen LogP contribution in [0.1, 0.15) is 39.5 Å². The van der Waals surface area contributed by atoms with Crippen LogP contribution in [0, 0.1) is 11.8 Å². The standard InChI is InChI=1S/C12H23NO2/c1-9-4-6-11(7-5-9)12(15)13(3)10(2)8-14/h9-11,14H,4-8H2,1-3H3. The van der Waals surface area contributed by atoms with E-state index in [1.54, 1.807) is 11.9 Å². The molecule has 0 saturated heterocycles. The maximum Gasteiger partial charge on any atom is 0.225 e. The van der Waals surface area contributed by atoms with E-state index in [1.807, 2.05) is 6.92 Å².